The Balaban J connectivity index is 2.25. The lowest BCUT2D eigenvalue weighted by atomic mass is 10.1. The van der Waals surface area contributed by atoms with Crippen molar-refractivity contribution in [1.29, 1.82) is 0 Å². The zero-order valence-electron chi connectivity index (χ0n) is 8.43. The molecule has 0 fully saturated rings. The maximum absolute atomic E-state index is 3.36. The second-order valence-electron chi connectivity index (χ2n) is 3.27. The number of rotatable bonds is 5. The Kier molecular flexibility index (Phi) is 4.50. The second kappa shape index (κ2) is 5.73. The first-order chi connectivity index (χ1) is 6.33. The van der Waals surface area contributed by atoms with Gasteiger partial charge in [0.15, 0.2) is 0 Å². The van der Waals surface area contributed by atoms with Crippen LogP contribution in [-0.4, -0.2) is 20.1 Å². The van der Waals surface area contributed by atoms with Crippen molar-refractivity contribution < 1.29 is 0 Å². The molecule has 0 atom stereocenters. The van der Waals surface area contributed by atoms with Crippen LogP contribution in [0.3, 0.4) is 0 Å². The van der Waals surface area contributed by atoms with E-state index in [1.165, 1.54) is 11.1 Å². The SMILES string of the molecule is CNCCNCc1ccc(C)cc1. The molecule has 0 amide bonds. The van der Waals surface area contributed by atoms with Gasteiger partial charge in [0.1, 0.15) is 0 Å². The summed E-state index contributed by atoms with van der Waals surface area (Å²) in [5, 5.41) is 6.46. The van der Waals surface area contributed by atoms with Gasteiger partial charge in [0.25, 0.3) is 0 Å². The molecule has 2 heteroatoms. The molecule has 0 bridgehead atoms. The minimum atomic E-state index is 0.960. The molecule has 0 aliphatic heterocycles. The lowest BCUT2D eigenvalue weighted by Gasteiger charge is -2.04. The lowest BCUT2D eigenvalue weighted by molar-refractivity contribution is 0.650. The summed E-state index contributed by atoms with van der Waals surface area (Å²) >= 11 is 0. The minimum absolute atomic E-state index is 0.960. The Morgan fingerprint density at radius 3 is 2.38 bits per heavy atom. The van der Waals surface area contributed by atoms with Crippen molar-refractivity contribution in [2.75, 3.05) is 20.1 Å². The van der Waals surface area contributed by atoms with Crippen molar-refractivity contribution in [2.45, 2.75) is 13.5 Å². The fourth-order valence-corrected chi connectivity index (χ4v) is 1.15. The maximum atomic E-state index is 3.36. The van der Waals surface area contributed by atoms with E-state index in [0.29, 0.717) is 0 Å². The van der Waals surface area contributed by atoms with E-state index in [0.717, 1.165) is 19.6 Å². The van der Waals surface area contributed by atoms with Gasteiger partial charge in [-0.2, -0.15) is 0 Å². The number of hydrogen-bond acceptors (Lipinski definition) is 2. The predicted octanol–water partition coefficient (Wildman–Crippen LogP) is 1.30. The van der Waals surface area contributed by atoms with Crippen molar-refractivity contribution in [2.24, 2.45) is 0 Å². The van der Waals surface area contributed by atoms with Gasteiger partial charge in [0.05, 0.1) is 0 Å². The zero-order chi connectivity index (χ0) is 9.52. The summed E-state index contributed by atoms with van der Waals surface area (Å²) in [6, 6.07) is 8.63. The topological polar surface area (TPSA) is 24.1 Å². The van der Waals surface area contributed by atoms with Crippen LogP contribution in [0.2, 0.25) is 0 Å². The highest BCUT2D eigenvalue weighted by molar-refractivity contribution is 5.20. The summed E-state index contributed by atoms with van der Waals surface area (Å²) in [5.74, 6) is 0. The van der Waals surface area contributed by atoms with Crippen LogP contribution >= 0.6 is 0 Å². The first kappa shape index (κ1) is 10.2. The molecule has 1 aromatic rings. The average molecular weight is 178 g/mol. The summed E-state index contributed by atoms with van der Waals surface area (Å²) in [7, 11) is 1.97. The van der Waals surface area contributed by atoms with Gasteiger partial charge in [-0.1, -0.05) is 29.8 Å². The van der Waals surface area contributed by atoms with Gasteiger partial charge in [-0.05, 0) is 19.5 Å². The Hall–Kier alpha value is -0.860. The van der Waals surface area contributed by atoms with E-state index in [4.69, 9.17) is 0 Å². The van der Waals surface area contributed by atoms with Crippen LogP contribution in [0, 0.1) is 6.92 Å². The Labute approximate surface area is 80.4 Å². The normalized spacial score (nSPS) is 10.3. The number of likely N-dealkylation sites (N-methyl/N-ethyl adjacent to an activating group) is 1. The molecule has 2 N–H and O–H groups in total. The summed E-state index contributed by atoms with van der Waals surface area (Å²) in [5.41, 5.74) is 2.67. The van der Waals surface area contributed by atoms with Crippen LogP contribution in [-0.2, 0) is 6.54 Å². The molecule has 0 saturated heterocycles. The molecule has 2 nitrogen and oxygen atoms in total. The third kappa shape index (κ3) is 4.06. The monoisotopic (exact) mass is 178 g/mol. The van der Waals surface area contributed by atoms with E-state index >= 15 is 0 Å². The van der Waals surface area contributed by atoms with Gasteiger partial charge in [-0.25, -0.2) is 0 Å². The highest BCUT2D eigenvalue weighted by Gasteiger charge is 1.90. The first-order valence-electron chi connectivity index (χ1n) is 4.74. The maximum Gasteiger partial charge on any atom is 0.0206 e. The molecule has 0 aromatic heterocycles. The second-order valence-corrected chi connectivity index (χ2v) is 3.27. The van der Waals surface area contributed by atoms with Crippen LogP contribution < -0.4 is 10.6 Å². The molecule has 13 heavy (non-hydrogen) atoms. The van der Waals surface area contributed by atoms with Gasteiger partial charge >= 0.3 is 0 Å². The van der Waals surface area contributed by atoms with Crippen molar-refractivity contribution in [3.05, 3.63) is 35.4 Å². The fraction of sp³-hybridized carbons (Fsp3) is 0.455. The van der Waals surface area contributed by atoms with E-state index in [1.54, 1.807) is 0 Å². The van der Waals surface area contributed by atoms with E-state index in [9.17, 15) is 0 Å². The molecule has 0 unspecified atom stereocenters. The van der Waals surface area contributed by atoms with Crippen molar-refractivity contribution in [3.63, 3.8) is 0 Å². The quantitative estimate of drug-likeness (QED) is 0.664. The highest BCUT2D eigenvalue weighted by atomic mass is 14.9. The van der Waals surface area contributed by atoms with Crippen molar-refractivity contribution in [3.8, 4) is 0 Å². The van der Waals surface area contributed by atoms with Gasteiger partial charge in [0, 0.05) is 19.6 Å². The molecular formula is C11H18N2. The van der Waals surface area contributed by atoms with Crippen LogP contribution in [0.1, 0.15) is 11.1 Å². The van der Waals surface area contributed by atoms with Gasteiger partial charge < -0.3 is 10.6 Å². The summed E-state index contributed by atoms with van der Waals surface area (Å²) < 4.78 is 0. The van der Waals surface area contributed by atoms with E-state index in [-0.39, 0.29) is 0 Å². The molecule has 72 valence electrons. The van der Waals surface area contributed by atoms with Crippen molar-refractivity contribution in [1.82, 2.24) is 10.6 Å². The molecular weight excluding hydrogens is 160 g/mol. The molecule has 0 heterocycles. The van der Waals surface area contributed by atoms with E-state index < -0.39 is 0 Å². The van der Waals surface area contributed by atoms with Crippen LogP contribution in [0.15, 0.2) is 24.3 Å². The minimum Gasteiger partial charge on any atom is -0.318 e. The van der Waals surface area contributed by atoms with Gasteiger partial charge in [-0.15, -0.1) is 0 Å². The van der Waals surface area contributed by atoms with Crippen LogP contribution in [0.25, 0.3) is 0 Å². The summed E-state index contributed by atoms with van der Waals surface area (Å²) in [6.07, 6.45) is 0. The molecule has 0 radical (unpaired) electrons. The third-order valence-electron chi connectivity index (χ3n) is 2.00. The number of benzene rings is 1. The zero-order valence-corrected chi connectivity index (χ0v) is 8.43. The number of hydrogen-bond donors (Lipinski definition) is 2. The molecule has 1 aromatic carbocycles. The Morgan fingerprint density at radius 1 is 1.08 bits per heavy atom. The molecule has 0 aliphatic carbocycles. The summed E-state index contributed by atoms with van der Waals surface area (Å²) in [6.45, 7) is 5.11. The molecule has 0 spiro atoms. The van der Waals surface area contributed by atoms with Crippen LogP contribution in [0.5, 0.6) is 0 Å². The standard InChI is InChI=1S/C11H18N2/c1-10-3-5-11(6-4-10)9-13-8-7-12-2/h3-6,12-13H,7-9H2,1-2H3. The number of nitrogens with one attached hydrogen (secondary N) is 2. The van der Waals surface area contributed by atoms with Gasteiger partial charge in [-0.3, -0.25) is 0 Å². The Bertz CT molecular complexity index is 228. The first-order valence-corrected chi connectivity index (χ1v) is 4.74. The number of aryl methyl sites for hydroxylation is 1. The average Bonchev–Trinajstić information content (AvgIpc) is 2.15. The molecule has 1 rings (SSSR count). The Morgan fingerprint density at radius 2 is 1.77 bits per heavy atom. The fourth-order valence-electron chi connectivity index (χ4n) is 1.15. The predicted molar refractivity (Wildman–Crippen MR) is 56.8 cm³/mol. The van der Waals surface area contributed by atoms with Gasteiger partial charge in [0.2, 0.25) is 0 Å². The largest absolute Gasteiger partial charge is 0.318 e. The molecule has 0 aliphatic rings. The summed E-state index contributed by atoms with van der Waals surface area (Å²) in [4.78, 5) is 0. The van der Waals surface area contributed by atoms with E-state index in [2.05, 4.69) is 41.8 Å². The van der Waals surface area contributed by atoms with Crippen LogP contribution in [0.4, 0.5) is 0 Å². The van der Waals surface area contributed by atoms with Crippen molar-refractivity contribution >= 4 is 0 Å². The molecule has 0 saturated carbocycles. The third-order valence-corrected chi connectivity index (χ3v) is 2.00. The van der Waals surface area contributed by atoms with E-state index in [1.807, 2.05) is 7.05 Å². The smallest absolute Gasteiger partial charge is 0.0206 e. The highest BCUT2D eigenvalue weighted by Crippen LogP contribution is 2.01. The lowest BCUT2D eigenvalue weighted by Crippen LogP contribution is -2.24.